The number of rotatable bonds is 5. The van der Waals surface area contributed by atoms with E-state index in [1.54, 1.807) is 13.8 Å². The van der Waals surface area contributed by atoms with Crippen LogP contribution in [0.15, 0.2) is 12.4 Å². The van der Waals surface area contributed by atoms with Crippen LogP contribution in [0.4, 0.5) is 30.6 Å². The number of hydrogen-bond donors (Lipinski definition) is 2. The molecule has 0 aliphatic rings. The number of anilines is 3. The summed E-state index contributed by atoms with van der Waals surface area (Å²) >= 11 is 6.02. The molecule has 0 aliphatic carbocycles. The van der Waals surface area contributed by atoms with Crippen molar-refractivity contribution in [1.82, 2.24) is 19.7 Å². The zero-order valence-electron chi connectivity index (χ0n) is 13.6. The molecular formula is C14H15ClF3N7. The van der Waals surface area contributed by atoms with E-state index < -0.39 is 17.2 Å². The number of nitriles is 1. The lowest BCUT2D eigenvalue weighted by atomic mass is 9.96. The van der Waals surface area contributed by atoms with Crippen LogP contribution >= 0.6 is 11.6 Å². The van der Waals surface area contributed by atoms with Crippen LogP contribution in [0.2, 0.25) is 5.15 Å². The van der Waals surface area contributed by atoms with E-state index in [-0.39, 0.29) is 16.9 Å². The van der Waals surface area contributed by atoms with Crippen molar-refractivity contribution in [3.8, 4) is 6.07 Å². The molecule has 0 saturated carbocycles. The van der Waals surface area contributed by atoms with Gasteiger partial charge in [0.05, 0.1) is 29.9 Å². The summed E-state index contributed by atoms with van der Waals surface area (Å²) in [6.07, 6.45) is -2.36. The molecule has 134 valence electrons. The zero-order chi connectivity index (χ0) is 18.8. The quantitative estimate of drug-likeness (QED) is 0.830. The highest BCUT2D eigenvalue weighted by molar-refractivity contribution is 6.32. The number of aromatic nitrogens is 4. The predicted octanol–water partition coefficient (Wildman–Crippen LogP) is 3.68. The van der Waals surface area contributed by atoms with Gasteiger partial charge in [-0.1, -0.05) is 11.6 Å². The van der Waals surface area contributed by atoms with Gasteiger partial charge in [-0.05, 0) is 13.8 Å². The number of nitrogens with one attached hydrogen (secondary N) is 2. The van der Waals surface area contributed by atoms with Gasteiger partial charge in [-0.25, -0.2) is 4.98 Å². The second-order valence-electron chi connectivity index (χ2n) is 5.86. The molecule has 0 spiro atoms. The molecule has 0 aromatic carbocycles. The van der Waals surface area contributed by atoms with E-state index in [2.05, 4.69) is 31.8 Å². The van der Waals surface area contributed by atoms with Crippen LogP contribution in [0.1, 0.15) is 19.4 Å². The van der Waals surface area contributed by atoms with Gasteiger partial charge < -0.3 is 10.6 Å². The summed E-state index contributed by atoms with van der Waals surface area (Å²) < 4.78 is 40.0. The van der Waals surface area contributed by atoms with Crippen molar-refractivity contribution in [2.45, 2.75) is 26.6 Å². The fourth-order valence-electron chi connectivity index (χ4n) is 1.96. The Morgan fingerprint density at radius 2 is 2.04 bits per heavy atom. The summed E-state index contributed by atoms with van der Waals surface area (Å²) in [5.74, 6) is -0.433. The van der Waals surface area contributed by atoms with Gasteiger partial charge in [-0.3, -0.25) is 4.68 Å². The molecule has 0 radical (unpaired) electrons. The molecular weight excluding hydrogens is 359 g/mol. The Morgan fingerprint density at radius 1 is 1.36 bits per heavy atom. The van der Waals surface area contributed by atoms with Crippen molar-refractivity contribution in [1.29, 1.82) is 5.26 Å². The maximum atomic E-state index is 12.9. The van der Waals surface area contributed by atoms with Crippen molar-refractivity contribution >= 4 is 29.1 Å². The average Bonchev–Trinajstić information content (AvgIpc) is 2.84. The molecule has 0 unspecified atom stereocenters. The summed E-state index contributed by atoms with van der Waals surface area (Å²) in [4.78, 5) is 7.45. The molecule has 0 fully saturated rings. The predicted molar refractivity (Wildman–Crippen MR) is 86.5 cm³/mol. The van der Waals surface area contributed by atoms with Crippen molar-refractivity contribution in [3.63, 3.8) is 0 Å². The third-order valence-electron chi connectivity index (χ3n) is 3.15. The lowest BCUT2D eigenvalue weighted by Crippen LogP contribution is -2.17. The molecule has 2 aromatic heterocycles. The lowest BCUT2D eigenvalue weighted by Gasteiger charge is -2.14. The fraction of sp³-hybridized carbons (Fsp3) is 0.429. The highest BCUT2D eigenvalue weighted by Crippen LogP contribution is 2.34. The maximum Gasteiger partial charge on any atom is 0.421 e. The van der Waals surface area contributed by atoms with E-state index in [9.17, 15) is 13.2 Å². The van der Waals surface area contributed by atoms with Crippen molar-refractivity contribution < 1.29 is 13.2 Å². The van der Waals surface area contributed by atoms with Crippen molar-refractivity contribution in [3.05, 3.63) is 23.1 Å². The number of hydrogen-bond acceptors (Lipinski definition) is 6. The first-order valence-corrected chi connectivity index (χ1v) is 7.47. The molecule has 7 nitrogen and oxygen atoms in total. The van der Waals surface area contributed by atoms with Crippen LogP contribution in [-0.4, -0.2) is 26.8 Å². The normalized spacial score (nSPS) is 11.9. The van der Waals surface area contributed by atoms with Gasteiger partial charge in [0.25, 0.3) is 0 Å². The second-order valence-corrected chi connectivity index (χ2v) is 6.21. The van der Waals surface area contributed by atoms with Crippen LogP contribution in [0, 0.1) is 16.7 Å². The Hall–Kier alpha value is -2.54. The van der Waals surface area contributed by atoms with Crippen LogP contribution in [0.25, 0.3) is 0 Å². The van der Waals surface area contributed by atoms with Crippen molar-refractivity contribution in [2.75, 3.05) is 17.7 Å². The van der Waals surface area contributed by atoms with Gasteiger partial charge in [0.1, 0.15) is 11.4 Å². The SMILES string of the molecule is CNc1nc(Nc2cn(CC(C)(C)C#N)nc2Cl)ncc1C(F)(F)F. The third-order valence-corrected chi connectivity index (χ3v) is 3.43. The minimum absolute atomic E-state index is 0.0710. The first-order valence-electron chi connectivity index (χ1n) is 7.09. The highest BCUT2D eigenvalue weighted by atomic mass is 35.5. The summed E-state index contributed by atoms with van der Waals surface area (Å²) in [5, 5.41) is 18.3. The standard InChI is InChI=1S/C14H15ClF3N7/c1-13(2,6-19)7-25-5-9(10(15)24-25)22-12-21-4-8(14(16,17)18)11(20-3)23-12/h4-5H,7H2,1-3H3,(H2,20,21,22,23). The molecule has 0 atom stereocenters. The minimum Gasteiger partial charge on any atom is -0.372 e. The van der Waals surface area contributed by atoms with E-state index in [1.807, 2.05) is 0 Å². The van der Waals surface area contributed by atoms with Crippen LogP contribution in [-0.2, 0) is 12.7 Å². The van der Waals surface area contributed by atoms with E-state index in [0.29, 0.717) is 18.4 Å². The summed E-state index contributed by atoms with van der Waals surface area (Å²) in [6.45, 7) is 3.78. The average molecular weight is 374 g/mol. The maximum absolute atomic E-state index is 12.9. The summed E-state index contributed by atoms with van der Waals surface area (Å²) in [5.41, 5.74) is -1.31. The Labute approximate surface area is 146 Å². The highest BCUT2D eigenvalue weighted by Gasteiger charge is 2.35. The lowest BCUT2D eigenvalue weighted by molar-refractivity contribution is -0.137. The van der Waals surface area contributed by atoms with E-state index >= 15 is 0 Å². The molecule has 11 heteroatoms. The van der Waals surface area contributed by atoms with Crippen LogP contribution in [0.5, 0.6) is 0 Å². The summed E-state index contributed by atoms with van der Waals surface area (Å²) in [7, 11) is 1.33. The van der Waals surface area contributed by atoms with Gasteiger partial charge in [0.2, 0.25) is 5.95 Å². The second kappa shape index (κ2) is 6.76. The molecule has 0 saturated heterocycles. The van der Waals surface area contributed by atoms with Crippen molar-refractivity contribution in [2.24, 2.45) is 5.41 Å². The molecule has 0 amide bonds. The first-order chi connectivity index (χ1) is 11.6. The number of nitrogens with zero attached hydrogens (tertiary/aromatic N) is 5. The van der Waals surface area contributed by atoms with E-state index in [0.717, 1.165) is 0 Å². The van der Waals surface area contributed by atoms with Gasteiger partial charge >= 0.3 is 6.18 Å². The molecule has 2 aromatic rings. The summed E-state index contributed by atoms with van der Waals surface area (Å²) in [6, 6.07) is 2.14. The number of halogens is 4. The van der Waals surface area contributed by atoms with Gasteiger partial charge in [0.15, 0.2) is 5.15 Å². The molecule has 0 aliphatic heterocycles. The van der Waals surface area contributed by atoms with Gasteiger partial charge in [-0.2, -0.15) is 28.5 Å². The Balaban J connectivity index is 2.26. The molecule has 2 rings (SSSR count). The zero-order valence-corrected chi connectivity index (χ0v) is 14.4. The minimum atomic E-state index is -4.57. The van der Waals surface area contributed by atoms with Crippen LogP contribution in [0.3, 0.4) is 0 Å². The molecule has 0 bridgehead atoms. The fourth-order valence-corrected chi connectivity index (χ4v) is 2.16. The third kappa shape index (κ3) is 4.51. The van der Waals surface area contributed by atoms with E-state index in [1.165, 1.54) is 17.9 Å². The van der Waals surface area contributed by atoms with E-state index in [4.69, 9.17) is 16.9 Å². The Kier molecular flexibility index (Phi) is 5.08. The molecule has 2 heterocycles. The molecule has 25 heavy (non-hydrogen) atoms. The van der Waals surface area contributed by atoms with Gasteiger partial charge in [0, 0.05) is 13.2 Å². The number of alkyl halides is 3. The Morgan fingerprint density at radius 3 is 2.60 bits per heavy atom. The topological polar surface area (TPSA) is 91.5 Å². The molecule has 2 N–H and O–H groups in total. The smallest absolute Gasteiger partial charge is 0.372 e. The Bertz CT molecular complexity index is 808. The monoisotopic (exact) mass is 373 g/mol. The first kappa shape index (κ1) is 18.8. The van der Waals surface area contributed by atoms with Gasteiger partial charge in [-0.15, -0.1) is 0 Å². The largest absolute Gasteiger partial charge is 0.421 e. The van der Waals surface area contributed by atoms with Crippen LogP contribution < -0.4 is 10.6 Å².